The molecule has 0 aliphatic carbocycles. The summed E-state index contributed by atoms with van der Waals surface area (Å²) in [7, 11) is 0. The van der Waals surface area contributed by atoms with Crippen molar-refractivity contribution in [2.45, 2.75) is 24.7 Å². The van der Waals surface area contributed by atoms with Gasteiger partial charge in [0, 0.05) is 11.4 Å². The van der Waals surface area contributed by atoms with Gasteiger partial charge in [-0.1, -0.05) is 53.5 Å². The van der Waals surface area contributed by atoms with Crippen LogP contribution in [0, 0.1) is 0 Å². The fraction of sp³-hybridized carbons (Fsp3) is 0.200. The Morgan fingerprint density at radius 3 is 2.55 bits per heavy atom. The Morgan fingerprint density at radius 2 is 1.90 bits per heavy atom. The number of nitrogens with one attached hydrogen (secondary N) is 2. The molecule has 5 nitrogen and oxygen atoms in total. The van der Waals surface area contributed by atoms with E-state index in [9.17, 15) is 18.0 Å². The molecular formula is C20H14BrCl2F3N4O. The molecule has 1 aliphatic rings. The van der Waals surface area contributed by atoms with Crippen LogP contribution in [0.15, 0.2) is 53.0 Å². The Hall–Kier alpha value is -2.23. The first kappa shape index (κ1) is 22.0. The van der Waals surface area contributed by atoms with E-state index in [2.05, 4.69) is 31.7 Å². The number of alkyl halides is 3. The van der Waals surface area contributed by atoms with E-state index in [1.807, 2.05) is 0 Å². The zero-order valence-electron chi connectivity index (χ0n) is 15.6. The van der Waals surface area contributed by atoms with Crippen molar-refractivity contribution >= 4 is 56.5 Å². The van der Waals surface area contributed by atoms with E-state index in [0.29, 0.717) is 10.6 Å². The van der Waals surface area contributed by atoms with Crippen LogP contribution in [0.3, 0.4) is 0 Å². The number of rotatable bonds is 3. The third-order valence-electron chi connectivity index (χ3n) is 4.89. The van der Waals surface area contributed by atoms with Crippen LogP contribution in [-0.2, 0) is 0 Å². The molecule has 4 rings (SSSR count). The molecular weight excluding hydrogens is 520 g/mol. The van der Waals surface area contributed by atoms with Crippen molar-refractivity contribution in [2.24, 2.45) is 0 Å². The van der Waals surface area contributed by atoms with Crippen molar-refractivity contribution in [3.63, 3.8) is 0 Å². The van der Waals surface area contributed by atoms with Gasteiger partial charge in [0.2, 0.25) is 0 Å². The fourth-order valence-electron chi connectivity index (χ4n) is 3.41. The average molecular weight is 534 g/mol. The van der Waals surface area contributed by atoms with Gasteiger partial charge in [0.1, 0.15) is 5.82 Å². The van der Waals surface area contributed by atoms with Crippen LogP contribution < -0.4 is 10.6 Å². The lowest BCUT2D eigenvalue weighted by Crippen LogP contribution is -2.35. The summed E-state index contributed by atoms with van der Waals surface area (Å²) in [5, 5.41) is 10.2. The average Bonchev–Trinajstić information content (AvgIpc) is 3.06. The Morgan fingerprint density at radius 1 is 1.19 bits per heavy atom. The summed E-state index contributed by atoms with van der Waals surface area (Å²) in [6.45, 7) is 0. The van der Waals surface area contributed by atoms with Gasteiger partial charge < -0.3 is 10.6 Å². The summed E-state index contributed by atoms with van der Waals surface area (Å²) in [4.78, 5) is 12.8. The minimum Gasteiger partial charge on any atom is -0.362 e. The van der Waals surface area contributed by atoms with Crippen LogP contribution in [0.1, 0.15) is 34.6 Å². The van der Waals surface area contributed by atoms with Gasteiger partial charge in [0.25, 0.3) is 5.91 Å². The van der Waals surface area contributed by atoms with E-state index in [1.54, 1.807) is 30.3 Å². The number of carbonyl (C=O) groups excluding carboxylic acids is 1. The van der Waals surface area contributed by atoms with E-state index in [-0.39, 0.29) is 33.1 Å². The number of nitrogens with zero attached hydrogens (tertiary/aromatic N) is 2. The third-order valence-corrected chi connectivity index (χ3v) is 6.19. The van der Waals surface area contributed by atoms with Gasteiger partial charge in [0.05, 0.1) is 21.2 Å². The number of aromatic nitrogens is 2. The molecule has 2 atom stereocenters. The summed E-state index contributed by atoms with van der Waals surface area (Å²) in [6, 6.07) is 10.8. The third kappa shape index (κ3) is 4.40. The fourth-order valence-corrected chi connectivity index (χ4v) is 4.42. The van der Waals surface area contributed by atoms with Crippen LogP contribution in [0.4, 0.5) is 24.7 Å². The van der Waals surface area contributed by atoms with Crippen LogP contribution in [0.2, 0.25) is 10.0 Å². The quantitative estimate of drug-likeness (QED) is 0.386. The second kappa shape index (κ2) is 8.37. The molecule has 1 amide bonds. The number of hydrogen-bond acceptors (Lipinski definition) is 3. The predicted molar refractivity (Wildman–Crippen MR) is 117 cm³/mol. The van der Waals surface area contributed by atoms with Gasteiger partial charge >= 0.3 is 6.18 Å². The normalized spacial score (nSPS) is 18.3. The van der Waals surface area contributed by atoms with Crippen LogP contribution in [0.25, 0.3) is 0 Å². The standard InChI is InChI=1S/C20H14BrCl2F3N4O/c21-16-17(19(31)28-13-7-6-11(22)8-12(13)23)29-30-15(20(24,25)26)9-14(27-18(16)30)10-4-2-1-3-5-10/h1-8,14-15,27H,9H2,(H,28,31)/t14-,15-/m1/s1. The van der Waals surface area contributed by atoms with Crippen molar-refractivity contribution < 1.29 is 18.0 Å². The second-order valence-electron chi connectivity index (χ2n) is 6.93. The molecule has 0 fully saturated rings. The number of carbonyl (C=O) groups is 1. The molecule has 162 valence electrons. The molecule has 1 aromatic heterocycles. The predicted octanol–water partition coefficient (Wildman–Crippen LogP) is 6.87. The van der Waals surface area contributed by atoms with Crippen LogP contribution >= 0.6 is 39.1 Å². The molecule has 2 N–H and O–H groups in total. The monoisotopic (exact) mass is 532 g/mol. The van der Waals surface area contributed by atoms with Gasteiger partial charge in [-0.2, -0.15) is 18.3 Å². The molecule has 3 aromatic rings. The van der Waals surface area contributed by atoms with Gasteiger partial charge in [-0.3, -0.25) is 4.79 Å². The van der Waals surface area contributed by atoms with E-state index in [1.165, 1.54) is 18.2 Å². The summed E-state index contributed by atoms with van der Waals surface area (Å²) in [5.41, 5.74) is 0.767. The molecule has 1 aliphatic heterocycles. The highest BCUT2D eigenvalue weighted by molar-refractivity contribution is 9.10. The maximum absolute atomic E-state index is 13.9. The first-order chi connectivity index (χ1) is 14.6. The molecule has 0 bridgehead atoms. The highest BCUT2D eigenvalue weighted by atomic mass is 79.9. The van der Waals surface area contributed by atoms with E-state index < -0.39 is 24.2 Å². The largest absolute Gasteiger partial charge is 0.410 e. The highest BCUT2D eigenvalue weighted by Gasteiger charge is 2.47. The molecule has 0 radical (unpaired) electrons. The number of fused-ring (bicyclic) bond motifs is 1. The highest BCUT2D eigenvalue weighted by Crippen LogP contribution is 2.46. The van der Waals surface area contributed by atoms with Crippen LogP contribution in [0.5, 0.6) is 0 Å². The molecule has 0 saturated heterocycles. The Kier molecular flexibility index (Phi) is 5.93. The van der Waals surface area contributed by atoms with Gasteiger partial charge in [0.15, 0.2) is 11.7 Å². The molecule has 2 heterocycles. The molecule has 2 aromatic carbocycles. The summed E-state index contributed by atoms with van der Waals surface area (Å²) >= 11 is 15.2. The van der Waals surface area contributed by atoms with Crippen molar-refractivity contribution in [3.05, 3.63) is 74.3 Å². The zero-order valence-corrected chi connectivity index (χ0v) is 18.6. The number of anilines is 2. The molecule has 31 heavy (non-hydrogen) atoms. The number of hydrogen-bond donors (Lipinski definition) is 2. The van der Waals surface area contributed by atoms with Gasteiger partial charge in [-0.05, 0) is 39.7 Å². The lowest BCUT2D eigenvalue weighted by Gasteiger charge is -2.33. The van der Waals surface area contributed by atoms with E-state index >= 15 is 0 Å². The molecule has 0 unspecified atom stereocenters. The van der Waals surface area contributed by atoms with Crippen molar-refractivity contribution in [2.75, 3.05) is 10.6 Å². The Balaban J connectivity index is 1.70. The lowest BCUT2D eigenvalue weighted by atomic mass is 9.97. The first-order valence-electron chi connectivity index (χ1n) is 9.07. The SMILES string of the molecule is O=C(Nc1ccc(Cl)cc1Cl)c1nn2c(c1Br)N[C@@H](c1ccccc1)C[C@@H]2C(F)(F)F. The Labute approximate surface area is 193 Å². The minimum atomic E-state index is -4.55. The van der Waals surface area contributed by atoms with Crippen LogP contribution in [-0.4, -0.2) is 21.9 Å². The smallest absolute Gasteiger partial charge is 0.362 e. The second-order valence-corrected chi connectivity index (χ2v) is 8.57. The number of amides is 1. The van der Waals surface area contributed by atoms with Gasteiger partial charge in [-0.15, -0.1) is 0 Å². The zero-order chi connectivity index (χ0) is 22.3. The number of benzene rings is 2. The first-order valence-corrected chi connectivity index (χ1v) is 10.6. The van der Waals surface area contributed by atoms with Crippen molar-refractivity contribution in [1.82, 2.24) is 9.78 Å². The van der Waals surface area contributed by atoms with Crippen molar-refractivity contribution in [3.8, 4) is 0 Å². The number of halogens is 6. The summed E-state index contributed by atoms with van der Waals surface area (Å²) < 4.78 is 42.5. The topological polar surface area (TPSA) is 59.0 Å². The molecule has 11 heteroatoms. The maximum Gasteiger partial charge on any atom is 0.410 e. The molecule has 0 spiro atoms. The maximum atomic E-state index is 13.9. The minimum absolute atomic E-state index is 0.0785. The van der Waals surface area contributed by atoms with E-state index in [4.69, 9.17) is 23.2 Å². The van der Waals surface area contributed by atoms with E-state index in [0.717, 1.165) is 4.68 Å². The summed E-state index contributed by atoms with van der Waals surface area (Å²) in [6.07, 6.45) is -4.82. The summed E-state index contributed by atoms with van der Waals surface area (Å²) in [5.74, 6) is -0.633. The Bertz CT molecular complexity index is 1140. The van der Waals surface area contributed by atoms with Crippen molar-refractivity contribution in [1.29, 1.82) is 0 Å². The lowest BCUT2D eigenvalue weighted by molar-refractivity contribution is -0.173. The van der Waals surface area contributed by atoms with Gasteiger partial charge in [-0.25, -0.2) is 4.68 Å². The molecule has 0 saturated carbocycles.